The van der Waals surface area contributed by atoms with E-state index >= 15 is 0 Å². The summed E-state index contributed by atoms with van der Waals surface area (Å²) in [4.78, 5) is 7.27. The Morgan fingerprint density at radius 2 is 1.81 bits per heavy atom. The minimum Gasteiger partial charge on any atom is -0.332 e. The van der Waals surface area contributed by atoms with Crippen molar-refractivity contribution in [3.05, 3.63) is 76.7 Å². The first-order valence-electron chi connectivity index (χ1n) is 6.37. The van der Waals surface area contributed by atoms with Crippen LogP contribution in [0.15, 0.2) is 48.5 Å². The molecule has 0 fully saturated rings. The van der Waals surface area contributed by atoms with Crippen molar-refractivity contribution in [3.63, 3.8) is 0 Å². The van der Waals surface area contributed by atoms with Gasteiger partial charge in [0.15, 0.2) is 0 Å². The van der Waals surface area contributed by atoms with Gasteiger partial charge in [0.05, 0.1) is 0 Å². The molecular formula is C16H11ClF2N2. The maximum absolute atomic E-state index is 13.6. The van der Waals surface area contributed by atoms with Crippen molar-refractivity contribution < 1.29 is 8.78 Å². The number of halogens is 3. The van der Waals surface area contributed by atoms with Gasteiger partial charge in [-0.25, -0.2) is 13.8 Å². The number of hydrogen-bond acceptors (Lipinski definition) is 1. The van der Waals surface area contributed by atoms with Gasteiger partial charge in [0.1, 0.15) is 28.3 Å². The van der Waals surface area contributed by atoms with E-state index in [2.05, 4.69) is 9.97 Å². The van der Waals surface area contributed by atoms with E-state index in [1.54, 1.807) is 0 Å². The molecule has 1 aromatic heterocycles. The van der Waals surface area contributed by atoms with E-state index in [0.717, 1.165) is 23.8 Å². The predicted octanol–water partition coefficient (Wildman–Crippen LogP) is 4.60. The third-order valence-electron chi connectivity index (χ3n) is 3.12. The van der Waals surface area contributed by atoms with Gasteiger partial charge in [-0.1, -0.05) is 41.9 Å². The van der Waals surface area contributed by atoms with Crippen molar-refractivity contribution in [2.75, 3.05) is 0 Å². The lowest BCUT2D eigenvalue weighted by Crippen LogP contribution is -1.95. The molecule has 0 saturated carbocycles. The van der Waals surface area contributed by atoms with Gasteiger partial charge in [0.25, 0.3) is 0 Å². The van der Waals surface area contributed by atoms with Crippen LogP contribution in [0.25, 0.3) is 11.3 Å². The summed E-state index contributed by atoms with van der Waals surface area (Å²) in [6.07, 6.45) is 0.149. The summed E-state index contributed by atoms with van der Waals surface area (Å²) in [6, 6.07) is 12.8. The Balaban J connectivity index is 1.93. The quantitative estimate of drug-likeness (QED) is 0.752. The first kappa shape index (κ1) is 13.8. The summed E-state index contributed by atoms with van der Waals surface area (Å²) in [7, 11) is 0. The average molecular weight is 305 g/mol. The zero-order valence-electron chi connectivity index (χ0n) is 10.9. The van der Waals surface area contributed by atoms with E-state index in [1.807, 2.05) is 30.3 Å². The molecule has 3 aromatic rings. The summed E-state index contributed by atoms with van der Waals surface area (Å²) in [6.45, 7) is 0. The Kier molecular flexibility index (Phi) is 3.71. The van der Waals surface area contributed by atoms with E-state index in [4.69, 9.17) is 11.6 Å². The summed E-state index contributed by atoms with van der Waals surface area (Å²) < 4.78 is 26.8. The first-order chi connectivity index (χ1) is 10.1. The van der Waals surface area contributed by atoms with Gasteiger partial charge >= 0.3 is 0 Å². The highest BCUT2D eigenvalue weighted by Gasteiger charge is 2.12. The lowest BCUT2D eigenvalue weighted by molar-refractivity contribution is 0.587. The average Bonchev–Trinajstić information content (AvgIpc) is 2.84. The zero-order valence-corrected chi connectivity index (χ0v) is 11.7. The van der Waals surface area contributed by atoms with Crippen molar-refractivity contribution in [1.29, 1.82) is 0 Å². The Morgan fingerprint density at radius 3 is 2.57 bits per heavy atom. The Labute approximate surface area is 125 Å². The number of rotatable bonds is 3. The number of hydrogen-bond donors (Lipinski definition) is 1. The first-order valence-corrected chi connectivity index (χ1v) is 6.75. The third-order valence-corrected chi connectivity index (χ3v) is 3.40. The molecule has 1 N–H and O–H groups in total. The molecule has 0 spiro atoms. The maximum Gasteiger partial charge on any atom is 0.134 e. The smallest absolute Gasteiger partial charge is 0.134 e. The standard InChI is InChI=1S/C16H11ClF2N2/c17-16-15(10-4-2-1-3-5-10)20-14(21-16)9-11-8-12(18)6-7-13(11)19/h1-8H,9H2,(H,20,21). The van der Waals surface area contributed by atoms with Crippen LogP contribution in [-0.4, -0.2) is 9.97 Å². The topological polar surface area (TPSA) is 28.7 Å². The van der Waals surface area contributed by atoms with Gasteiger partial charge in [-0.05, 0) is 23.8 Å². The molecule has 0 radical (unpaired) electrons. The van der Waals surface area contributed by atoms with Gasteiger partial charge in [-0.15, -0.1) is 0 Å². The van der Waals surface area contributed by atoms with Crippen LogP contribution < -0.4 is 0 Å². The van der Waals surface area contributed by atoms with Crippen LogP contribution in [0.1, 0.15) is 11.4 Å². The molecule has 0 saturated heterocycles. The molecule has 2 nitrogen and oxygen atoms in total. The van der Waals surface area contributed by atoms with E-state index in [0.29, 0.717) is 16.7 Å². The third kappa shape index (κ3) is 2.95. The molecule has 5 heteroatoms. The van der Waals surface area contributed by atoms with E-state index in [9.17, 15) is 8.78 Å². The van der Waals surface area contributed by atoms with Crippen LogP contribution in [0.5, 0.6) is 0 Å². The van der Waals surface area contributed by atoms with Gasteiger partial charge in [-0.3, -0.25) is 0 Å². The molecule has 3 rings (SSSR count). The van der Waals surface area contributed by atoms with Crippen LogP contribution >= 0.6 is 11.6 Å². The fourth-order valence-corrected chi connectivity index (χ4v) is 2.39. The molecular weight excluding hydrogens is 294 g/mol. The summed E-state index contributed by atoms with van der Waals surface area (Å²) in [5, 5.41) is 0.382. The second-order valence-corrected chi connectivity index (χ2v) is 5.00. The van der Waals surface area contributed by atoms with Gasteiger partial charge < -0.3 is 4.98 Å². The van der Waals surface area contributed by atoms with E-state index < -0.39 is 11.6 Å². The normalized spacial score (nSPS) is 10.8. The number of aromatic amines is 1. The second-order valence-electron chi connectivity index (χ2n) is 4.62. The van der Waals surface area contributed by atoms with Crippen LogP contribution in [0.2, 0.25) is 5.15 Å². The molecule has 21 heavy (non-hydrogen) atoms. The molecule has 0 atom stereocenters. The lowest BCUT2D eigenvalue weighted by atomic mass is 10.1. The Hall–Kier alpha value is -2.20. The monoisotopic (exact) mass is 304 g/mol. The van der Waals surface area contributed by atoms with Gasteiger partial charge in [0.2, 0.25) is 0 Å². The number of benzene rings is 2. The second kappa shape index (κ2) is 5.66. The van der Waals surface area contributed by atoms with Gasteiger partial charge in [-0.2, -0.15) is 0 Å². The number of nitrogens with one attached hydrogen (secondary N) is 1. The van der Waals surface area contributed by atoms with Crippen LogP contribution in [0.4, 0.5) is 8.78 Å². The molecule has 0 aliphatic rings. The minimum atomic E-state index is -0.479. The van der Waals surface area contributed by atoms with Crippen LogP contribution in [0, 0.1) is 11.6 Å². The van der Waals surface area contributed by atoms with Crippen molar-refractivity contribution in [2.24, 2.45) is 0 Å². The minimum absolute atomic E-state index is 0.149. The van der Waals surface area contributed by atoms with E-state index in [1.165, 1.54) is 0 Å². The molecule has 0 bridgehead atoms. The predicted molar refractivity (Wildman–Crippen MR) is 78.2 cm³/mol. The molecule has 0 aliphatic heterocycles. The molecule has 0 aliphatic carbocycles. The highest BCUT2D eigenvalue weighted by Crippen LogP contribution is 2.26. The zero-order chi connectivity index (χ0) is 14.8. The molecule has 2 aromatic carbocycles. The number of nitrogens with zero attached hydrogens (tertiary/aromatic N) is 1. The summed E-state index contributed by atoms with van der Waals surface area (Å²) >= 11 is 6.13. The highest BCUT2D eigenvalue weighted by molar-refractivity contribution is 6.31. The van der Waals surface area contributed by atoms with Gasteiger partial charge in [0, 0.05) is 12.0 Å². The SMILES string of the molecule is Fc1ccc(F)c(Cc2nc(-c3ccccc3)c(Cl)[nH]2)c1. The van der Waals surface area contributed by atoms with Crippen LogP contribution in [-0.2, 0) is 6.42 Å². The van der Waals surface area contributed by atoms with Crippen molar-refractivity contribution in [2.45, 2.75) is 6.42 Å². The summed E-state index contributed by atoms with van der Waals surface area (Å²) in [5.74, 6) is -0.458. The Morgan fingerprint density at radius 1 is 1.05 bits per heavy atom. The lowest BCUT2D eigenvalue weighted by Gasteiger charge is -2.00. The molecule has 106 valence electrons. The maximum atomic E-state index is 13.6. The van der Waals surface area contributed by atoms with Crippen LogP contribution in [0.3, 0.4) is 0 Å². The number of imidazole rings is 1. The molecule has 0 amide bonds. The summed E-state index contributed by atoms with van der Waals surface area (Å²) in [5.41, 5.74) is 1.70. The molecule has 1 heterocycles. The number of aromatic nitrogens is 2. The largest absolute Gasteiger partial charge is 0.332 e. The fourth-order valence-electron chi connectivity index (χ4n) is 2.13. The fraction of sp³-hybridized carbons (Fsp3) is 0.0625. The van der Waals surface area contributed by atoms with E-state index in [-0.39, 0.29) is 12.0 Å². The Bertz CT molecular complexity index is 769. The van der Waals surface area contributed by atoms with Crippen molar-refractivity contribution >= 4 is 11.6 Å². The highest BCUT2D eigenvalue weighted by atomic mass is 35.5. The van der Waals surface area contributed by atoms with Crippen molar-refractivity contribution in [3.8, 4) is 11.3 Å². The van der Waals surface area contributed by atoms with Crippen molar-refractivity contribution in [1.82, 2.24) is 9.97 Å². The number of H-pyrrole nitrogens is 1. The molecule has 0 unspecified atom stereocenters.